The number of nitrogens with zero attached hydrogens (tertiary/aromatic N) is 4. The molecule has 0 saturated carbocycles. The lowest BCUT2D eigenvalue weighted by Crippen LogP contribution is -2.51. The molecule has 8 heteroatoms. The number of rotatable bonds is 6. The van der Waals surface area contributed by atoms with E-state index in [0.29, 0.717) is 32.8 Å². The van der Waals surface area contributed by atoms with Crippen LogP contribution in [-0.4, -0.2) is 65.0 Å². The topological polar surface area (TPSA) is 67.7 Å². The van der Waals surface area contributed by atoms with Crippen LogP contribution in [0.5, 0.6) is 0 Å². The van der Waals surface area contributed by atoms with Crippen LogP contribution in [0.2, 0.25) is 0 Å². The largest absolute Gasteiger partial charge is 0.377 e. The summed E-state index contributed by atoms with van der Waals surface area (Å²) >= 11 is 0. The Labute approximate surface area is 138 Å². The molecule has 23 heavy (non-hydrogen) atoms. The van der Waals surface area contributed by atoms with E-state index in [-0.39, 0.29) is 12.1 Å². The summed E-state index contributed by atoms with van der Waals surface area (Å²) in [5.74, 6) is 0. The summed E-state index contributed by atoms with van der Waals surface area (Å²) in [7, 11) is -3.41. The molecule has 130 valence electrons. The van der Waals surface area contributed by atoms with Crippen molar-refractivity contribution >= 4 is 10.2 Å². The van der Waals surface area contributed by atoms with Gasteiger partial charge >= 0.3 is 0 Å². The average molecular weight is 342 g/mol. The van der Waals surface area contributed by atoms with Gasteiger partial charge in [-0.25, -0.2) is 4.98 Å². The molecule has 0 spiro atoms. The van der Waals surface area contributed by atoms with Gasteiger partial charge < -0.3 is 9.30 Å². The number of aromatic nitrogens is 2. The molecule has 0 unspecified atom stereocenters. The Kier molecular flexibility index (Phi) is 5.35. The Balaban J connectivity index is 1.70. The zero-order valence-electron chi connectivity index (χ0n) is 13.7. The maximum Gasteiger partial charge on any atom is 0.282 e. The highest BCUT2D eigenvalue weighted by Crippen LogP contribution is 2.27. The van der Waals surface area contributed by atoms with Gasteiger partial charge in [-0.15, -0.1) is 0 Å². The molecule has 7 nitrogen and oxygen atoms in total. The van der Waals surface area contributed by atoms with Gasteiger partial charge in [-0.3, -0.25) is 0 Å². The van der Waals surface area contributed by atoms with Gasteiger partial charge in [0.1, 0.15) is 0 Å². The second kappa shape index (κ2) is 7.29. The van der Waals surface area contributed by atoms with Crippen molar-refractivity contribution in [1.82, 2.24) is 18.2 Å². The van der Waals surface area contributed by atoms with Crippen molar-refractivity contribution in [2.45, 2.75) is 51.3 Å². The monoisotopic (exact) mass is 342 g/mol. The number of hydrogen-bond donors (Lipinski definition) is 0. The van der Waals surface area contributed by atoms with Crippen molar-refractivity contribution in [2.75, 3.05) is 26.2 Å². The molecule has 2 atom stereocenters. The molecule has 0 radical (unpaired) electrons. The Morgan fingerprint density at radius 2 is 2.09 bits per heavy atom. The standard InChI is InChI=1S/C15H26N4O3S/c1-2-22-15-6-4-8-18(12-15)23(20,21)19-9-3-5-14(19)11-17-10-7-16-13-17/h7,10,13-15H,2-6,8-9,11-12H2,1H3/t14-,15-/m1/s1. The van der Waals surface area contributed by atoms with E-state index in [1.807, 2.05) is 17.7 Å². The first kappa shape index (κ1) is 16.9. The summed E-state index contributed by atoms with van der Waals surface area (Å²) in [5.41, 5.74) is 0. The average Bonchev–Trinajstić information content (AvgIpc) is 3.20. The van der Waals surface area contributed by atoms with Crippen molar-refractivity contribution in [2.24, 2.45) is 0 Å². The fourth-order valence-corrected chi connectivity index (χ4v) is 5.49. The first-order valence-corrected chi connectivity index (χ1v) is 9.85. The molecule has 2 aliphatic rings. The van der Waals surface area contributed by atoms with E-state index in [4.69, 9.17) is 4.74 Å². The third-order valence-corrected chi connectivity index (χ3v) is 6.73. The van der Waals surface area contributed by atoms with Crippen LogP contribution in [0.3, 0.4) is 0 Å². The van der Waals surface area contributed by atoms with E-state index < -0.39 is 10.2 Å². The van der Waals surface area contributed by atoms with Crippen LogP contribution in [-0.2, 0) is 21.5 Å². The molecule has 0 bridgehead atoms. The highest BCUT2D eigenvalue weighted by atomic mass is 32.2. The summed E-state index contributed by atoms with van der Waals surface area (Å²) in [5, 5.41) is 0. The molecule has 3 rings (SSSR count). The highest BCUT2D eigenvalue weighted by Gasteiger charge is 2.39. The smallest absolute Gasteiger partial charge is 0.282 e. The fraction of sp³-hybridized carbons (Fsp3) is 0.800. The second-order valence-corrected chi connectivity index (χ2v) is 8.13. The summed E-state index contributed by atoms with van der Waals surface area (Å²) in [4.78, 5) is 4.04. The van der Waals surface area contributed by atoms with Crippen molar-refractivity contribution < 1.29 is 13.2 Å². The predicted molar refractivity (Wildman–Crippen MR) is 87.1 cm³/mol. The van der Waals surface area contributed by atoms with Crippen LogP contribution < -0.4 is 0 Å². The molecular formula is C15H26N4O3S. The normalized spacial score (nSPS) is 27.5. The molecular weight excluding hydrogens is 316 g/mol. The Bertz CT molecular complexity index is 588. The first-order chi connectivity index (χ1) is 11.1. The fourth-order valence-electron chi connectivity index (χ4n) is 3.57. The lowest BCUT2D eigenvalue weighted by atomic mass is 10.1. The lowest BCUT2D eigenvalue weighted by Gasteiger charge is -2.36. The van der Waals surface area contributed by atoms with E-state index >= 15 is 0 Å². The summed E-state index contributed by atoms with van der Waals surface area (Å²) in [6.45, 7) is 4.94. The van der Waals surface area contributed by atoms with Crippen molar-refractivity contribution in [1.29, 1.82) is 0 Å². The van der Waals surface area contributed by atoms with Crippen molar-refractivity contribution in [3.8, 4) is 0 Å². The molecule has 2 saturated heterocycles. The quantitative estimate of drug-likeness (QED) is 0.776. The van der Waals surface area contributed by atoms with Gasteiger partial charge in [-0.1, -0.05) is 0 Å². The number of hydrogen-bond acceptors (Lipinski definition) is 4. The Hall–Kier alpha value is -0.960. The van der Waals surface area contributed by atoms with Crippen LogP contribution in [0.15, 0.2) is 18.7 Å². The molecule has 1 aromatic rings. The molecule has 2 fully saturated rings. The van der Waals surface area contributed by atoms with Crippen LogP contribution in [0.1, 0.15) is 32.6 Å². The van der Waals surface area contributed by atoms with Crippen molar-refractivity contribution in [3.05, 3.63) is 18.7 Å². The molecule has 3 heterocycles. The van der Waals surface area contributed by atoms with Gasteiger partial charge in [0.15, 0.2) is 0 Å². The van der Waals surface area contributed by atoms with Crippen LogP contribution in [0.4, 0.5) is 0 Å². The molecule has 1 aromatic heterocycles. The minimum Gasteiger partial charge on any atom is -0.377 e. The Morgan fingerprint density at radius 1 is 1.26 bits per heavy atom. The molecule has 0 N–H and O–H groups in total. The molecule has 0 aliphatic carbocycles. The number of piperidine rings is 1. The van der Waals surface area contributed by atoms with Gasteiger partial charge in [0.25, 0.3) is 10.2 Å². The number of ether oxygens (including phenoxy) is 1. The molecule has 0 amide bonds. The molecule has 2 aliphatic heterocycles. The van der Waals surface area contributed by atoms with E-state index in [1.54, 1.807) is 21.1 Å². The lowest BCUT2D eigenvalue weighted by molar-refractivity contribution is 0.0250. The van der Waals surface area contributed by atoms with Crippen LogP contribution in [0, 0.1) is 0 Å². The minimum atomic E-state index is -3.41. The second-order valence-electron chi connectivity index (χ2n) is 6.25. The maximum absolute atomic E-state index is 13.0. The predicted octanol–water partition coefficient (Wildman–Crippen LogP) is 1.09. The summed E-state index contributed by atoms with van der Waals surface area (Å²) in [6.07, 6.45) is 9.01. The van der Waals surface area contributed by atoms with Gasteiger partial charge in [0.2, 0.25) is 0 Å². The van der Waals surface area contributed by atoms with Gasteiger partial charge in [-0.05, 0) is 32.6 Å². The zero-order valence-corrected chi connectivity index (χ0v) is 14.5. The van der Waals surface area contributed by atoms with E-state index in [0.717, 1.165) is 25.7 Å². The van der Waals surface area contributed by atoms with E-state index in [2.05, 4.69) is 4.98 Å². The number of imidazole rings is 1. The third kappa shape index (κ3) is 3.76. The maximum atomic E-state index is 13.0. The summed E-state index contributed by atoms with van der Waals surface area (Å²) in [6, 6.07) is 0.0154. The third-order valence-electron chi connectivity index (χ3n) is 4.67. The van der Waals surface area contributed by atoms with Crippen LogP contribution in [0.25, 0.3) is 0 Å². The van der Waals surface area contributed by atoms with Gasteiger partial charge in [-0.2, -0.15) is 17.0 Å². The minimum absolute atomic E-state index is 0.0154. The highest BCUT2D eigenvalue weighted by molar-refractivity contribution is 7.86. The zero-order chi connectivity index (χ0) is 16.3. The van der Waals surface area contributed by atoms with E-state index in [1.165, 1.54) is 0 Å². The first-order valence-electron chi connectivity index (χ1n) is 8.45. The van der Waals surface area contributed by atoms with Crippen molar-refractivity contribution in [3.63, 3.8) is 0 Å². The van der Waals surface area contributed by atoms with Gasteiger partial charge in [0, 0.05) is 51.2 Å². The SMILES string of the molecule is CCO[C@@H]1CCCN(S(=O)(=O)N2CCC[C@@H]2Cn2ccnc2)C1. The van der Waals surface area contributed by atoms with Crippen LogP contribution >= 0.6 is 0 Å². The Morgan fingerprint density at radius 3 is 2.83 bits per heavy atom. The van der Waals surface area contributed by atoms with Gasteiger partial charge in [0.05, 0.1) is 12.4 Å². The van der Waals surface area contributed by atoms with E-state index in [9.17, 15) is 8.42 Å². The summed E-state index contributed by atoms with van der Waals surface area (Å²) < 4.78 is 37.0. The molecule has 0 aromatic carbocycles.